The zero-order chi connectivity index (χ0) is 44.1. The summed E-state index contributed by atoms with van der Waals surface area (Å²) in [5.41, 5.74) is 0. The molecule has 0 aliphatic carbocycles. The van der Waals surface area contributed by atoms with Crippen LogP contribution in [0.4, 0.5) is 0 Å². The van der Waals surface area contributed by atoms with Crippen molar-refractivity contribution < 1.29 is 37.3 Å². The third-order valence-electron chi connectivity index (χ3n) is 10.0. The highest BCUT2D eigenvalue weighted by Crippen LogP contribution is 2.43. The molecule has 0 saturated heterocycles. The summed E-state index contributed by atoms with van der Waals surface area (Å²) in [5.74, 6) is -0.329. The van der Waals surface area contributed by atoms with Crippen molar-refractivity contribution in [1.82, 2.24) is 0 Å². The predicted molar refractivity (Wildman–Crippen MR) is 256 cm³/mol. The number of carbonyl (C=O) groups excluding carboxylic acids is 1. The van der Waals surface area contributed by atoms with Gasteiger partial charge in [-0.05, 0) is 83.5 Å². The number of allylic oxidation sites excluding steroid dienone is 12. The first-order valence-electron chi connectivity index (χ1n) is 24.2. The van der Waals surface area contributed by atoms with Crippen LogP contribution in [-0.4, -0.2) is 75.6 Å². The van der Waals surface area contributed by atoms with Gasteiger partial charge in [0.15, 0.2) is 0 Å². The summed E-state index contributed by atoms with van der Waals surface area (Å²) >= 11 is 0. The fourth-order valence-corrected chi connectivity index (χ4v) is 7.02. The van der Waals surface area contributed by atoms with Crippen LogP contribution in [0.1, 0.15) is 187 Å². The molecule has 0 amide bonds. The van der Waals surface area contributed by atoms with E-state index in [0.717, 1.165) is 83.5 Å². The van der Waals surface area contributed by atoms with Crippen molar-refractivity contribution in [2.75, 3.05) is 54.1 Å². The third kappa shape index (κ3) is 47.0. The van der Waals surface area contributed by atoms with Gasteiger partial charge in [0.2, 0.25) is 0 Å². The molecule has 0 radical (unpaired) electrons. The molecule has 0 aliphatic rings. The maximum atomic E-state index is 12.7. The van der Waals surface area contributed by atoms with Crippen LogP contribution >= 0.6 is 7.82 Å². The molecule has 2 atom stereocenters. The summed E-state index contributed by atoms with van der Waals surface area (Å²) in [6, 6.07) is 0. The van der Waals surface area contributed by atoms with Crippen LogP contribution in [0.5, 0.6) is 0 Å². The molecule has 348 valence electrons. The zero-order valence-corrected chi connectivity index (χ0v) is 40.3. The maximum absolute atomic E-state index is 12.7. The van der Waals surface area contributed by atoms with Crippen LogP contribution < -0.4 is 0 Å². The summed E-state index contributed by atoms with van der Waals surface area (Å²) in [5, 5.41) is 0. The first-order valence-corrected chi connectivity index (χ1v) is 25.7. The molecule has 0 heterocycles. The standard InChI is InChI=1S/C51H92NO7P/c1-6-8-10-12-14-16-18-20-22-24-26-27-29-31-33-35-37-39-41-43-46-56-48-50(49-58-60(54,55)57-47-45-52(3,4)5)59-51(53)44-42-40-38-36-34-32-30-28-25-23-21-19-17-15-13-11-9-7-2/h8,10,14,16,20,22-23,25-27,31,33,50H,6-7,9,11-13,15,17-19,21,24,28-30,32,34-49H2,1-5H3/p+1/b10-8-,16-14-,22-20-,25-23-,27-26-,33-31-. The van der Waals surface area contributed by atoms with E-state index in [9.17, 15) is 14.3 Å². The molecular formula is C51H93NO7P+. The topological polar surface area (TPSA) is 91.3 Å². The van der Waals surface area contributed by atoms with Crippen LogP contribution in [0.3, 0.4) is 0 Å². The first kappa shape index (κ1) is 57.9. The van der Waals surface area contributed by atoms with E-state index in [1.165, 1.54) is 83.5 Å². The molecule has 8 nitrogen and oxygen atoms in total. The molecule has 0 aliphatic heterocycles. The Morgan fingerprint density at radius 3 is 1.47 bits per heavy atom. The number of phosphoric ester groups is 1. The summed E-state index contributed by atoms with van der Waals surface area (Å²) in [7, 11) is 1.64. The minimum Gasteiger partial charge on any atom is -0.457 e. The lowest BCUT2D eigenvalue weighted by Gasteiger charge is -2.24. The van der Waals surface area contributed by atoms with Crippen LogP contribution in [-0.2, 0) is 27.9 Å². The van der Waals surface area contributed by atoms with Gasteiger partial charge in [0.25, 0.3) is 0 Å². The van der Waals surface area contributed by atoms with Crippen LogP contribution in [0.15, 0.2) is 72.9 Å². The minimum absolute atomic E-state index is 0.0791. The Hall–Kier alpha value is -2.06. The van der Waals surface area contributed by atoms with Crippen molar-refractivity contribution in [3.8, 4) is 0 Å². The normalized spacial score (nSPS) is 14.3. The third-order valence-corrected chi connectivity index (χ3v) is 11.0. The largest absolute Gasteiger partial charge is 0.472 e. The molecule has 0 spiro atoms. The number of hydrogen-bond acceptors (Lipinski definition) is 6. The van der Waals surface area contributed by atoms with Gasteiger partial charge in [-0.1, -0.05) is 170 Å². The Kier molecular flexibility index (Phi) is 42.1. The van der Waals surface area contributed by atoms with Gasteiger partial charge in [-0.15, -0.1) is 0 Å². The lowest BCUT2D eigenvalue weighted by molar-refractivity contribution is -0.870. The quantitative estimate of drug-likeness (QED) is 0.0214. The Labute approximate surface area is 370 Å². The molecular weight excluding hydrogens is 770 g/mol. The maximum Gasteiger partial charge on any atom is 0.472 e. The molecule has 0 saturated carbocycles. The fourth-order valence-electron chi connectivity index (χ4n) is 6.28. The van der Waals surface area contributed by atoms with Crippen molar-refractivity contribution in [2.45, 2.75) is 193 Å². The van der Waals surface area contributed by atoms with E-state index < -0.39 is 13.9 Å². The fraction of sp³-hybridized carbons (Fsp3) is 0.745. The number of nitrogens with zero attached hydrogens (tertiary/aromatic N) is 1. The highest BCUT2D eigenvalue weighted by Gasteiger charge is 2.26. The van der Waals surface area contributed by atoms with Crippen LogP contribution in [0.25, 0.3) is 0 Å². The van der Waals surface area contributed by atoms with Crippen LogP contribution in [0.2, 0.25) is 0 Å². The number of hydrogen-bond donors (Lipinski definition) is 1. The smallest absolute Gasteiger partial charge is 0.457 e. The van der Waals surface area contributed by atoms with Gasteiger partial charge >= 0.3 is 13.8 Å². The molecule has 0 aromatic carbocycles. The van der Waals surface area contributed by atoms with E-state index in [1.54, 1.807) is 0 Å². The molecule has 1 N–H and O–H groups in total. The molecule has 9 heteroatoms. The molecule has 2 unspecified atom stereocenters. The average Bonchev–Trinajstić information content (AvgIpc) is 3.20. The number of quaternary nitrogens is 1. The second-order valence-corrected chi connectivity index (χ2v) is 18.6. The van der Waals surface area contributed by atoms with Gasteiger partial charge < -0.3 is 18.9 Å². The summed E-state index contributed by atoms with van der Waals surface area (Å²) in [6.45, 7) is 5.43. The Balaban J connectivity index is 4.26. The number of ether oxygens (including phenoxy) is 2. The minimum atomic E-state index is -4.29. The molecule has 60 heavy (non-hydrogen) atoms. The van der Waals surface area contributed by atoms with E-state index in [0.29, 0.717) is 24.1 Å². The lowest BCUT2D eigenvalue weighted by atomic mass is 10.1. The molecule has 0 aromatic heterocycles. The Morgan fingerprint density at radius 1 is 0.533 bits per heavy atom. The number of phosphoric acid groups is 1. The highest BCUT2D eigenvalue weighted by molar-refractivity contribution is 7.47. The SMILES string of the molecule is CC/C=C\C/C=C\C/C=C\C/C=C\C/C=C\CCCCCCOCC(COP(=O)(O)OCC[N+](C)(C)C)OC(=O)CCCCCCCCC/C=C\CCCCCCCCC. The van der Waals surface area contributed by atoms with E-state index >= 15 is 0 Å². The van der Waals surface area contributed by atoms with Crippen molar-refractivity contribution in [3.63, 3.8) is 0 Å². The van der Waals surface area contributed by atoms with Gasteiger partial charge in [0, 0.05) is 13.0 Å². The summed E-state index contributed by atoms with van der Waals surface area (Å²) in [6.07, 6.45) is 56.5. The number of likely N-dealkylation sites (N-methyl/N-ethyl adjacent to an activating group) is 1. The second-order valence-electron chi connectivity index (χ2n) is 17.1. The van der Waals surface area contributed by atoms with Crippen molar-refractivity contribution in [2.24, 2.45) is 0 Å². The van der Waals surface area contributed by atoms with Crippen LogP contribution in [0, 0.1) is 0 Å². The number of unbranched alkanes of at least 4 members (excludes halogenated alkanes) is 18. The van der Waals surface area contributed by atoms with Crippen molar-refractivity contribution >= 4 is 13.8 Å². The Morgan fingerprint density at radius 2 is 0.967 bits per heavy atom. The van der Waals surface area contributed by atoms with Gasteiger partial charge in [-0.25, -0.2) is 4.57 Å². The monoisotopic (exact) mass is 863 g/mol. The number of rotatable bonds is 44. The second kappa shape index (κ2) is 43.6. The Bertz CT molecular complexity index is 1190. The van der Waals surface area contributed by atoms with E-state index in [-0.39, 0.29) is 25.8 Å². The highest BCUT2D eigenvalue weighted by atomic mass is 31.2. The first-order chi connectivity index (χ1) is 29.1. The van der Waals surface area contributed by atoms with Gasteiger partial charge in [-0.3, -0.25) is 13.8 Å². The molecule has 0 rings (SSSR count). The predicted octanol–water partition coefficient (Wildman–Crippen LogP) is 14.7. The summed E-state index contributed by atoms with van der Waals surface area (Å²) < 4.78 is 35.1. The number of esters is 1. The van der Waals surface area contributed by atoms with E-state index in [1.807, 2.05) is 21.1 Å². The zero-order valence-electron chi connectivity index (χ0n) is 39.4. The molecule has 0 aromatic rings. The molecule has 0 fully saturated rings. The van der Waals surface area contributed by atoms with Crippen molar-refractivity contribution in [3.05, 3.63) is 72.9 Å². The summed E-state index contributed by atoms with van der Waals surface area (Å²) in [4.78, 5) is 23.0. The van der Waals surface area contributed by atoms with E-state index in [4.69, 9.17) is 18.5 Å². The van der Waals surface area contributed by atoms with Gasteiger partial charge in [0.05, 0.1) is 34.4 Å². The lowest BCUT2D eigenvalue weighted by Crippen LogP contribution is -2.37. The van der Waals surface area contributed by atoms with Gasteiger partial charge in [-0.2, -0.15) is 0 Å². The van der Waals surface area contributed by atoms with Gasteiger partial charge in [0.1, 0.15) is 19.3 Å². The average molecular weight is 863 g/mol. The van der Waals surface area contributed by atoms with E-state index in [2.05, 4.69) is 86.8 Å². The number of carbonyl (C=O) groups is 1. The van der Waals surface area contributed by atoms with Crippen molar-refractivity contribution in [1.29, 1.82) is 0 Å². The molecule has 0 bridgehead atoms.